The maximum atomic E-state index is 10.5. The summed E-state index contributed by atoms with van der Waals surface area (Å²) in [6, 6.07) is 7.78. The largest absolute Gasteiger partial charge is 0.508 e. The molecule has 0 fully saturated rings. The minimum atomic E-state index is -0.686. The molecule has 2 N–H and O–H groups in total. The second-order valence-electron chi connectivity index (χ2n) is 7.90. The van der Waals surface area contributed by atoms with Crippen molar-refractivity contribution in [2.45, 2.75) is 109 Å². The van der Waals surface area contributed by atoms with Crippen molar-refractivity contribution in [1.82, 2.24) is 0 Å². The zero-order valence-corrected chi connectivity index (χ0v) is 17.3. The molecular formula is C24H40O3. The lowest BCUT2D eigenvalue weighted by Crippen LogP contribution is -2.00. The molecule has 3 heteroatoms. The van der Waals surface area contributed by atoms with Crippen molar-refractivity contribution < 1.29 is 15.0 Å². The van der Waals surface area contributed by atoms with Crippen LogP contribution >= 0.6 is 0 Å². The maximum Gasteiger partial charge on any atom is 0.303 e. The van der Waals surface area contributed by atoms with Crippen molar-refractivity contribution in [3.8, 4) is 5.75 Å². The van der Waals surface area contributed by atoms with E-state index in [1.165, 1.54) is 69.8 Å². The lowest BCUT2D eigenvalue weighted by Gasteiger charge is -2.18. The summed E-state index contributed by atoms with van der Waals surface area (Å²) in [5, 5.41) is 18.5. The number of aromatic hydroxyl groups is 1. The van der Waals surface area contributed by atoms with Crippen molar-refractivity contribution in [3.05, 3.63) is 29.8 Å². The Morgan fingerprint density at radius 3 is 1.96 bits per heavy atom. The van der Waals surface area contributed by atoms with E-state index in [0.29, 0.717) is 18.1 Å². The number of benzene rings is 1. The van der Waals surface area contributed by atoms with Crippen LogP contribution in [0.5, 0.6) is 5.75 Å². The van der Waals surface area contributed by atoms with E-state index in [1.807, 2.05) is 12.1 Å². The predicted octanol–water partition coefficient (Wildman–Crippen LogP) is 7.43. The second-order valence-corrected chi connectivity index (χ2v) is 7.90. The molecule has 1 aromatic rings. The van der Waals surface area contributed by atoms with Gasteiger partial charge in [0.15, 0.2) is 0 Å². The number of hydrogen-bond acceptors (Lipinski definition) is 2. The number of unbranched alkanes of at least 4 members (excludes halogenated alkanes) is 10. The molecule has 0 spiro atoms. The molecule has 0 aliphatic rings. The topological polar surface area (TPSA) is 57.5 Å². The molecule has 3 nitrogen and oxygen atoms in total. The summed E-state index contributed by atoms with van der Waals surface area (Å²) in [5.74, 6) is 0.214. The zero-order chi connectivity index (χ0) is 19.7. The van der Waals surface area contributed by atoms with Gasteiger partial charge in [-0.1, -0.05) is 89.7 Å². The molecule has 1 aromatic carbocycles. The number of carbonyl (C=O) groups is 1. The molecule has 1 atom stereocenters. The van der Waals surface area contributed by atoms with Crippen LogP contribution in [-0.2, 0) is 4.79 Å². The van der Waals surface area contributed by atoms with Gasteiger partial charge in [0, 0.05) is 6.42 Å². The summed E-state index contributed by atoms with van der Waals surface area (Å²) in [6.45, 7) is 2.26. The first kappa shape index (κ1) is 23.5. The van der Waals surface area contributed by atoms with Crippen LogP contribution in [0.3, 0.4) is 0 Å². The molecule has 0 saturated carbocycles. The second kappa shape index (κ2) is 15.5. The molecule has 0 radical (unpaired) electrons. The van der Waals surface area contributed by atoms with Gasteiger partial charge in [-0.15, -0.1) is 0 Å². The Morgan fingerprint density at radius 2 is 1.41 bits per heavy atom. The standard InChI is InChI=1S/C24H40O3/c1-2-3-4-5-6-8-11-15-21(22-17-14-18-23(25)20-22)16-12-9-7-10-13-19-24(26)27/h14,17-18,20-21,25H,2-13,15-16,19H2,1H3,(H,26,27). The van der Waals surface area contributed by atoms with Gasteiger partial charge < -0.3 is 10.2 Å². The fourth-order valence-corrected chi connectivity index (χ4v) is 3.80. The van der Waals surface area contributed by atoms with Gasteiger partial charge in [0.05, 0.1) is 0 Å². The van der Waals surface area contributed by atoms with Crippen LogP contribution in [0.15, 0.2) is 24.3 Å². The van der Waals surface area contributed by atoms with Crippen LogP contribution in [-0.4, -0.2) is 16.2 Å². The summed E-state index contributed by atoms with van der Waals surface area (Å²) < 4.78 is 0. The van der Waals surface area contributed by atoms with Crippen LogP contribution in [0, 0.1) is 0 Å². The lowest BCUT2D eigenvalue weighted by molar-refractivity contribution is -0.137. The lowest BCUT2D eigenvalue weighted by atomic mass is 9.88. The number of aliphatic carboxylic acids is 1. The number of carboxylic acids is 1. The van der Waals surface area contributed by atoms with Gasteiger partial charge in [0.25, 0.3) is 0 Å². The molecule has 154 valence electrons. The molecule has 0 aromatic heterocycles. The molecule has 0 amide bonds. The van der Waals surface area contributed by atoms with E-state index in [9.17, 15) is 9.90 Å². The smallest absolute Gasteiger partial charge is 0.303 e. The van der Waals surface area contributed by atoms with E-state index in [2.05, 4.69) is 13.0 Å². The van der Waals surface area contributed by atoms with Crippen LogP contribution < -0.4 is 0 Å². The van der Waals surface area contributed by atoms with Gasteiger partial charge in [-0.25, -0.2) is 0 Å². The number of phenolic OH excluding ortho intramolecular Hbond substituents is 1. The fraction of sp³-hybridized carbons (Fsp3) is 0.708. The molecule has 0 bridgehead atoms. The number of phenols is 1. The molecule has 0 aliphatic heterocycles. The van der Waals surface area contributed by atoms with E-state index in [-0.39, 0.29) is 0 Å². The highest BCUT2D eigenvalue weighted by Crippen LogP contribution is 2.30. The molecule has 0 heterocycles. The van der Waals surface area contributed by atoms with Crippen molar-refractivity contribution in [2.75, 3.05) is 0 Å². The van der Waals surface area contributed by atoms with E-state index in [4.69, 9.17) is 5.11 Å². The average molecular weight is 377 g/mol. The Labute approximate surface area is 166 Å². The van der Waals surface area contributed by atoms with Gasteiger partial charge in [0.1, 0.15) is 5.75 Å². The van der Waals surface area contributed by atoms with Gasteiger partial charge in [-0.3, -0.25) is 4.79 Å². The van der Waals surface area contributed by atoms with E-state index in [0.717, 1.165) is 25.7 Å². The number of carboxylic acid groups (broad SMARTS) is 1. The van der Waals surface area contributed by atoms with Crippen LogP contribution in [0.25, 0.3) is 0 Å². The molecular weight excluding hydrogens is 336 g/mol. The van der Waals surface area contributed by atoms with Crippen molar-refractivity contribution in [3.63, 3.8) is 0 Å². The summed E-state index contributed by atoms with van der Waals surface area (Å²) in [7, 11) is 0. The Balaban J connectivity index is 2.30. The SMILES string of the molecule is CCCCCCCCCC(CCCCCCCC(=O)O)c1cccc(O)c1. The minimum Gasteiger partial charge on any atom is -0.508 e. The minimum absolute atomic E-state index is 0.296. The summed E-state index contributed by atoms with van der Waals surface area (Å²) in [4.78, 5) is 10.5. The Hall–Kier alpha value is -1.51. The number of rotatable bonds is 17. The summed E-state index contributed by atoms with van der Waals surface area (Å²) in [5.41, 5.74) is 1.27. The quantitative estimate of drug-likeness (QED) is 0.278. The Bertz CT molecular complexity index is 498. The summed E-state index contributed by atoms with van der Waals surface area (Å²) in [6.07, 6.45) is 17.3. The molecule has 1 rings (SSSR count). The van der Waals surface area contributed by atoms with E-state index in [1.54, 1.807) is 6.07 Å². The predicted molar refractivity (Wildman–Crippen MR) is 113 cm³/mol. The zero-order valence-electron chi connectivity index (χ0n) is 17.3. The fourth-order valence-electron chi connectivity index (χ4n) is 3.80. The average Bonchev–Trinajstić information content (AvgIpc) is 2.64. The van der Waals surface area contributed by atoms with Crippen molar-refractivity contribution in [2.24, 2.45) is 0 Å². The molecule has 27 heavy (non-hydrogen) atoms. The van der Waals surface area contributed by atoms with E-state index < -0.39 is 5.97 Å². The van der Waals surface area contributed by atoms with Crippen molar-refractivity contribution >= 4 is 5.97 Å². The highest BCUT2D eigenvalue weighted by atomic mass is 16.4. The van der Waals surface area contributed by atoms with E-state index >= 15 is 0 Å². The third-order valence-corrected chi connectivity index (χ3v) is 5.44. The summed E-state index contributed by atoms with van der Waals surface area (Å²) >= 11 is 0. The normalized spacial score (nSPS) is 12.2. The third kappa shape index (κ3) is 12.5. The monoisotopic (exact) mass is 376 g/mol. The highest BCUT2D eigenvalue weighted by Gasteiger charge is 2.12. The van der Waals surface area contributed by atoms with Gasteiger partial charge in [0.2, 0.25) is 0 Å². The first-order valence-corrected chi connectivity index (χ1v) is 11.1. The molecule has 1 unspecified atom stereocenters. The first-order valence-electron chi connectivity index (χ1n) is 11.1. The van der Waals surface area contributed by atoms with Crippen LogP contribution in [0.2, 0.25) is 0 Å². The van der Waals surface area contributed by atoms with Crippen molar-refractivity contribution in [1.29, 1.82) is 0 Å². The maximum absolute atomic E-state index is 10.5. The Kier molecular flexibility index (Phi) is 13.5. The Morgan fingerprint density at radius 1 is 0.852 bits per heavy atom. The van der Waals surface area contributed by atoms with Crippen LogP contribution in [0.1, 0.15) is 115 Å². The van der Waals surface area contributed by atoms with Gasteiger partial charge >= 0.3 is 5.97 Å². The molecule has 0 aliphatic carbocycles. The molecule has 0 saturated heterocycles. The van der Waals surface area contributed by atoms with Gasteiger partial charge in [-0.05, 0) is 42.9 Å². The number of hydrogen-bond donors (Lipinski definition) is 2. The highest BCUT2D eigenvalue weighted by molar-refractivity contribution is 5.66. The van der Waals surface area contributed by atoms with Gasteiger partial charge in [-0.2, -0.15) is 0 Å². The first-order chi connectivity index (χ1) is 13.1. The van der Waals surface area contributed by atoms with Crippen LogP contribution in [0.4, 0.5) is 0 Å². The third-order valence-electron chi connectivity index (χ3n) is 5.44.